The van der Waals surface area contributed by atoms with Gasteiger partial charge in [0.15, 0.2) is 5.96 Å². The lowest BCUT2D eigenvalue weighted by atomic mass is 9.97. The summed E-state index contributed by atoms with van der Waals surface area (Å²) in [6.45, 7) is 5.04. The zero-order valence-corrected chi connectivity index (χ0v) is 18.5. The van der Waals surface area contributed by atoms with Crippen LogP contribution in [0.1, 0.15) is 30.9 Å². The molecule has 0 bridgehead atoms. The van der Waals surface area contributed by atoms with Crippen LogP contribution in [0.25, 0.3) is 0 Å². The van der Waals surface area contributed by atoms with Crippen molar-refractivity contribution in [1.29, 1.82) is 0 Å². The molecule has 0 spiro atoms. The first-order chi connectivity index (χ1) is 14.6. The summed E-state index contributed by atoms with van der Waals surface area (Å²) >= 11 is 0. The Hall–Kier alpha value is -2.73. The molecular formula is C24H34N4O2. The summed E-state index contributed by atoms with van der Waals surface area (Å²) in [4.78, 5) is 6.97. The van der Waals surface area contributed by atoms with Crippen molar-refractivity contribution in [2.45, 2.75) is 44.9 Å². The summed E-state index contributed by atoms with van der Waals surface area (Å²) in [7, 11) is 5.15. The van der Waals surface area contributed by atoms with Crippen molar-refractivity contribution in [1.82, 2.24) is 15.5 Å². The number of benzene rings is 2. The van der Waals surface area contributed by atoms with Crippen LogP contribution < -0.4 is 20.1 Å². The van der Waals surface area contributed by atoms with Crippen LogP contribution in [0.5, 0.6) is 11.5 Å². The number of guanidine groups is 1. The summed E-state index contributed by atoms with van der Waals surface area (Å²) in [5, 5.41) is 7.01. The molecule has 1 saturated heterocycles. The molecule has 1 heterocycles. The minimum Gasteiger partial charge on any atom is -0.497 e. The Kier molecular flexibility index (Phi) is 7.97. The third-order valence-electron chi connectivity index (χ3n) is 5.75. The number of methoxy groups -OCH3 is 2. The Balaban J connectivity index is 1.51. The van der Waals surface area contributed by atoms with Crippen molar-refractivity contribution in [3.63, 3.8) is 0 Å². The Morgan fingerprint density at radius 2 is 1.93 bits per heavy atom. The number of aliphatic imine (C=N–C) groups is 1. The van der Waals surface area contributed by atoms with Gasteiger partial charge in [0.25, 0.3) is 0 Å². The van der Waals surface area contributed by atoms with Gasteiger partial charge in [0.2, 0.25) is 0 Å². The topological polar surface area (TPSA) is 58.1 Å². The van der Waals surface area contributed by atoms with Gasteiger partial charge in [-0.15, -0.1) is 0 Å². The van der Waals surface area contributed by atoms with Gasteiger partial charge in [0.05, 0.1) is 14.2 Å². The number of hydrogen-bond donors (Lipinski definition) is 2. The van der Waals surface area contributed by atoms with Gasteiger partial charge < -0.3 is 20.1 Å². The van der Waals surface area contributed by atoms with Crippen LogP contribution in [0, 0.1) is 0 Å². The summed E-state index contributed by atoms with van der Waals surface area (Å²) in [5.41, 5.74) is 2.44. The predicted octanol–water partition coefficient (Wildman–Crippen LogP) is 3.42. The maximum atomic E-state index is 5.49. The van der Waals surface area contributed by atoms with E-state index < -0.39 is 0 Å². The van der Waals surface area contributed by atoms with Gasteiger partial charge >= 0.3 is 0 Å². The maximum Gasteiger partial charge on any atom is 0.191 e. The highest BCUT2D eigenvalue weighted by atomic mass is 16.5. The zero-order valence-electron chi connectivity index (χ0n) is 18.5. The molecule has 1 aliphatic rings. The summed E-state index contributed by atoms with van der Waals surface area (Å²) < 4.78 is 10.8. The Morgan fingerprint density at radius 1 is 1.13 bits per heavy atom. The van der Waals surface area contributed by atoms with Gasteiger partial charge in [0.1, 0.15) is 11.5 Å². The molecular weight excluding hydrogens is 376 g/mol. The smallest absolute Gasteiger partial charge is 0.191 e. The zero-order chi connectivity index (χ0) is 21.3. The molecule has 3 rings (SSSR count). The van der Waals surface area contributed by atoms with Gasteiger partial charge in [-0.3, -0.25) is 9.89 Å². The number of nitrogens with zero attached hydrogens (tertiary/aromatic N) is 2. The van der Waals surface area contributed by atoms with E-state index in [-0.39, 0.29) is 0 Å². The first kappa shape index (κ1) is 22.0. The van der Waals surface area contributed by atoms with Crippen molar-refractivity contribution in [3.05, 3.63) is 59.7 Å². The minimum absolute atomic E-state index is 0.413. The maximum absolute atomic E-state index is 5.49. The van der Waals surface area contributed by atoms with Crippen LogP contribution in [0.2, 0.25) is 0 Å². The van der Waals surface area contributed by atoms with E-state index in [0.29, 0.717) is 18.6 Å². The quantitative estimate of drug-likeness (QED) is 0.541. The van der Waals surface area contributed by atoms with Gasteiger partial charge in [-0.25, -0.2) is 0 Å². The molecule has 2 atom stereocenters. The average molecular weight is 411 g/mol. The molecule has 30 heavy (non-hydrogen) atoms. The van der Waals surface area contributed by atoms with Crippen LogP contribution in [0.15, 0.2) is 53.5 Å². The van der Waals surface area contributed by atoms with E-state index in [4.69, 9.17) is 9.47 Å². The summed E-state index contributed by atoms with van der Waals surface area (Å²) in [6, 6.07) is 17.5. The highest BCUT2D eigenvalue weighted by Crippen LogP contribution is 2.24. The molecule has 6 heteroatoms. The SMILES string of the molecule is CN=C(NCc1ccc(OC)cc1OC)NC1CCN(Cc2ccccc2)C(C)C1. The Labute approximate surface area is 180 Å². The molecule has 0 aromatic heterocycles. The van der Waals surface area contributed by atoms with Gasteiger partial charge in [0, 0.05) is 50.4 Å². The molecule has 1 aliphatic heterocycles. The molecule has 162 valence electrons. The van der Waals surface area contributed by atoms with Crippen molar-refractivity contribution >= 4 is 5.96 Å². The van der Waals surface area contributed by atoms with Crippen molar-refractivity contribution in [3.8, 4) is 11.5 Å². The minimum atomic E-state index is 0.413. The highest BCUT2D eigenvalue weighted by molar-refractivity contribution is 5.80. The molecule has 0 amide bonds. The average Bonchev–Trinajstić information content (AvgIpc) is 2.79. The van der Waals surface area contributed by atoms with Crippen molar-refractivity contribution < 1.29 is 9.47 Å². The predicted molar refractivity (Wildman–Crippen MR) is 122 cm³/mol. The van der Waals surface area contributed by atoms with E-state index in [1.54, 1.807) is 14.2 Å². The first-order valence-electron chi connectivity index (χ1n) is 10.6. The number of rotatable bonds is 7. The third-order valence-corrected chi connectivity index (χ3v) is 5.75. The first-order valence-corrected chi connectivity index (χ1v) is 10.6. The Morgan fingerprint density at radius 3 is 2.60 bits per heavy atom. The monoisotopic (exact) mass is 410 g/mol. The van der Waals surface area contributed by atoms with Crippen LogP contribution in [-0.4, -0.2) is 50.8 Å². The molecule has 1 fully saturated rings. The molecule has 6 nitrogen and oxygen atoms in total. The van der Waals surface area contributed by atoms with E-state index in [2.05, 4.69) is 57.8 Å². The summed E-state index contributed by atoms with van der Waals surface area (Å²) in [6.07, 6.45) is 2.20. The highest BCUT2D eigenvalue weighted by Gasteiger charge is 2.26. The van der Waals surface area contributed by atoms with Crippen molar-refractivity contribution in [2.24, 2.45) is 4.99 Å². The van der Waals surface area contributed by atoms with Crippen molar-refractivity contribution in [2.75, 3.05) is 27.8 Å². The number of ether oxygens (including phenoxy) is 2. The van der Waals surface area contributed by atoms with E-state index in [1.165, 1.54) is 5.56 Å². The molecule has 2 aromatic rings. The third kappa shape index (κ3) is 5.89. The Bertz CT molecular complexity index is 825. The van der Waals surface area contributed by atoms with Crippen LogP contribution in [0.4, 0.5) is 0 Å². The molecule has 0 radical (unpaired) electrons. The van der Waals surface area contributed by atoms with E-state index in [1.807, 2.05) is 25.2 Å². The fourth-order valence-electron chi connectivity index (χ4n) is 3.97. The second kappa shape index (κ2) is 10.9. The molecule has 2 aromatic carbocycles. The number of nitrogens with one attached hydrogen (secondary N) is 2. The standard InChI is InChI=1S/C24H34N4O2/c1-18-14-21(12-13-28(18)17-19-8-6-5-7-9-19)27-24(25-2)26-16-20-10-11-22(29-3)15-23(20)30-4/h5-11,15,18,21H,12-14,16-17H2,1-4H3,(H2,25,26,27). The van der Waals surface area contributed by atoms with Gasteiger partial charge in [-0.1, -0.05) is 30.3 Å². The van der Waals surface area contributed by atoms with E-state index >= 15 is 0 Å². The van der Waals surface area contributed by atoms with Gasteiger partial charge in [-0.05, 0) is 37.5 Å². The number of piperidine rings is 1. The second-order valence-corrected chi connectivity index (χ2v) is 7.77. The largest absolute Gasteiger partial charge is 0.497 e. The fourth-order valence-corrected chi connectivity index (χ4v) is 3.97. The van der Waals surface area contributed by atoms with Crippen LogP contribution in [0.3, 0.4) is 0 Å². The normalized spacial score (nSPS) is 19.9. The molecule has 2 unspecified atom stereocenters. The lowest BCUT2D eigenvalue weighted by Gasteiger charge is -2.38. The number of hydrogen-bond acceptors (Lipinski definition) is 4. The fraction of sp³-hybridized carbons (Fsp3) is 0.458. The second-order valence-electron chi connectivity index (χ2n) is 7.77. The molecule has 0 saturated carbocycles. The van der Waals surface area contributed by atoms with E-state index in [0.717, 1.165) is 49.0 Å². The number of likely N-dealkylation sites (tertiary alicyclic amines) is 1. The molecule has 0 aliphatic carbocycles. The van der Waals surface area contributed by atoms with Crippen LogP contribution in [-0.2, 0) is 13.1 Å². The lowest BCUT2D eigenvalue weighted by molar-refractivity contribution is 0.134. The summed E-state index contributed by atoms with van der Waals surface area (Å²) in [5.74, 6) is 2.41. The molecule has 2 N–H and O–H groups in total. The van der Waals surface area contributed by atoms with E-state index in [9.17, 15) is 0 Å². The van der Waals surface area contributed by atoms with Crippen LogP contribution >= 0.6 is 0 Å². The van der Waals surface area contributed by atoms with Gasteiger partial charge in [-0.2, -0.15) is 0 Å². The lowest BCUT2D eigenvalue weighted by Crippen LogP contribution is -2.51.